The summed E-state index contributed by atoms with van der Waals surface area (Å²) >= 11 is 0.984. The van der Waals surface area contributed by atoms with E-state index in [0.29, 0.717) is 16.8 Å². The molecule has 0 saturated heterocycles. The first kappa shape index (κ1) is 26.5. The van der Waals surface area contributed by atoms with Gasteiger partial charge in [0.25, 0.3) is 0 Å². The first-order valence-electron chi connectivity index (χ1n) is 11.5. The first-order chi connectivity index (χ1) is 17.6. The largest absolute Gasteiger partial charge is 0.463 e. The van der Waals surface area contributed by atoms with Crippen LogP contribution in [0.1, 0.15) is 41.6 Å². The minimum Gasteiger partial charge on any atom is -0.463 e. The van der Waals surface area contributed by atoms with Crippen molar-refractivity contribution in [1.29, 1.82) is 0 Å². The monoisotopic (exact) mass is 530 g/mol. The molecule has 0 bridgehead atoms. The Morgan fingerprint density at radius 3 is 2.68 bits per heavy atom. The molecule has 1 N–H and O–H groups in total. The fourth-order valence-corrected chi connectivity index (χ4v) is 5.09. The van der Waals surface area contributed by atoms with Crippen LogP contribution < -0.4 is 5.32 Å². The molecule has 37 heavy (non-hydrogen) atoms. The molecular weight excluding hydrogens is 505 g/mol. The number of carbonyl (C=O) groups is 2. The summed E-state index contributed by atoms with van der Waals surface area (Å²) in [6, 6.07) is 7.79. The average molecular weight is 531 g/mol. The number of hydrogen-bond acceptors (Lipinski definition) is 7. The minimum atomic E-state index is -4.89. The summed E-state index contributed by atoms with van der Waals surface area (Å²) in [6.07, 6.45) is -1.75. The number of carbonyl (C=O) groups excluding carboxylic acids is 2. The van der Waals surface area contributed by atoms with Crippen LogP contribution in [0, 0.1) is 13.8 Å². The lowest BCUT2D eigenvalue weighted by Gasteiger charge is -2.37. The van der Waals surface area contributed by atoms with Crippen molar-refractivity contribution in [2.24, 2.45) is 4.99 Å². The van der Waals surface area contributed by atoms with Gasteiger partial charge in [0.05, 0.1) is 24.6 Å². The molecule has 0 radical (unpaired) electrons. The van der Waals surface area contributed by atoms with Crippen LogP contribution in [0.2, 0.25) is 0 Å². The molecular formula is C26H25F3N4O3S. The second-order valence-electron chi connectivity index (χ2n) is 8.55. The number of hydrogen-bond donors (Lipinski definition) is 1. The van der Waals surface area contributed by atoms with E-state index in [-0.39, 0.29) is 30.6 Å². The molecule has 3 heterocycles. The molecule has 4 rings (SSSR count). The standard InChI is InChI=1S/C26H25F3N4O3S/c1-4-36-24(35)21-22(19-10-15(2)7-8-16(19)3)33-18(14-37-25(33)32-23(21)26(27,28)29)11-20(34)31-13-17-6-5-9-30-12-17/h5-10,12,14,22H,4,11,13H2,1-3H3,(H,31,34)/t22-/m0/s1. The van der Waals surface area contributed by atoms with E-state index < -0.39 is 29.5 Å². The highest BCUT2D eigenvalue weighted by Gasteiger charge is 2.49. The molecule has 0 unspecified atom stereocenters. The Labute approximate surface area is 216 Å². The van der Waals surface area contributed by atoms with Crippen molar-refractivity contribution in [3.05, 3.63) is 87.4 Å². The predicted molar refractivity (Wildman–Crippen MR) is 134 cm³/mol. The SMILES string of the molecule is CCOC(=O)C1=C(C(F)(F)F)N=C2SC=C(CC(=O)NCc3cccnc3)N2[C@H]1c1cc(C)ccc1C. The zero-order chi connectivity index (χ0) is 26.7. The molecule has 0 saturated carbocycles. The number of amidine groups is 1. The van der Waals surface area contributed by atoms with Crippen LogP contribution in [0.15, 0.2) is 70.1 Å². The Morgan fingerprint density at radius 1 is 1.22 bits per heavy atom. The lowest BCUT2D eigenvalue weighted by Crippen LogP contribution is -2.40. The van der Waals surface area contributed by atoms with E-state index in [0.717, 1.165) is 22.9 Å². The highest BCUT2D eigenvalue weighted by molar-refractivity contribution is 8.16. The number of halogens is 3. The van der Waals surface area contributed by atoms with E-state index in [4.69, 9.17) is 4.74 Å². The van der Waals surface area contributed by atoms with Crippen LogP contribution in [0.25, 0.3) is 0 Å². The molecule has 1 aromatic heterocycles. The number of fused-ring (bicyclic) bond motifs is 1. The van der Waals surface area contributed by atoms with Gasteiger partial charge in [0.15, 0.2) is 10.9 Å². The molecule has 7 nitrogen and oxygen atoms in total. The number of esters is 1. The van der Waals surface area contributed by atoms with Gasteiger partial charge in [-0.05, 0) is 48.9 Å². The normalized spacial score (nSPS) is 17.2. The summed E-state index contributed by atoms with van der Waals surface area (Å²) < 4.78 is 47.7. The van der Waals surface area contributed by atoms with Gasteiger partial charge >= 0.3 is 12.1 Å². The van der Waals surface area contributed by atoms with Crippen molar-refractivity contribution in [3.8, 4) is 0 Å². The van der Waals surface area contributed by atoms with E-state index in [9.17, 15) is 22.8 Å². The maximum Gasteiger partial charge on any atom is 0.434 e. The van der Waals surface area contributed by atoms with Gasteiger partial charge in [-0.1, -0.05) is 41.6 Å². The lowest BCUT2D eigenvalue weighted by molar-refractivity contribution is -0.140. The maximum absolute atomic E-state index is 14.2. The molecule has 0 fully saturated rings. The Kier molecular flexibility index (Phi) is 7.72. The molecule has 1 aromatic carbocycles. The van der Waals surface area contributed by atoms with Crippen molar-refractivity contribution in [2.45, 2.75) is 46.0 Å². The minimum absolute atomic E-state index is 0.0429. The molecule has 1 amide bonds. The number of alkyl halides is 3. The molecule has 0 spiro atoms. The number of nitrogens with zero attached hydrogens (tertiary/aromatic N) is 3. The van der Waals surface area contributed by atoms with E-state index in [1.165, 1.54) is 11.8 Å². The van der Waals surface area contributed by atoms with Crippen LogP contribution in [0.3, 0.4) is 0 Å². The van der Waals surface area contributed by atoms with Crippen LogP contribution in [0.5, 0.6) is 0 Å². The predicted octanol–water partition coefficient (Wildman–Crippen LogP) is 5.09. The Morgan fingerprint density at radius 2 is 2.00 bits per heavy atom. The summed E-state index contributed by atoms with van der Waals surface area (Å²) in [6.45, 7) is 5.27. The zero-order valence-electron chi connectivity index (χ0n) is 20.4. The van der Waals surface area contributed by atoms with Gasteiger partial charge in [-0.3, -0.25) is 9.78 Å². The topological polar surface area (TPSA) is 83.9 Å². The van der Waals surface area contributed by atoms with Gasteiger partial charge in [-0.25, -0.2) is 9.79 Å². The highest BCUT2D eigenvalue weighted by Crippen LogP contribution is 2.48. The zero-order valence-corrected chi connectivity index (χ0v) is 21.2. The third kappa shape index (κ3) is 5.71. The molecule has 194 valence electrons. The summed E-state index contributed by atoms with van der Waals surface area (Å²) in [5, 5.41) is 4.45. The summed E-state index contributed by atoms with van der Waals surface area (Å²) in [7, 11) is 0. The molecule has 11 heteroatoms. The lowest BCUT2D eigenvalue weighted by atomic mass is 9.89. The Bertz CT molecular complexity index is 1310. The van der Waals surface area contributed by atoms with Crippen molar-refractivity contribution in [1.82, 2.24) is 15.2 Å². The Balaban J connectivity index is 1.74. The van der Waals surface area contributed by atoms with E-state index >= 15 is 0 Å². The number of rotatable bonds is 7. The fourth-order valence-electron chi connectivity index (χ4n) is 4.17. The van der Waals surface area contributed by atoms with Gasteiger partial charge in [-0.15, -0.1) is 0 Å². The summed E-state index contributed by atoms with van der Waals surface area (Å²) in [5.74, 6) is -1.43. The van der Waals surface area contributed by atoms with Crippen LogP contribution in [-0.4, -0.2) is 39.7 Å². The van der Waals surface area contributed by atoms with Gasteiger partial charge < -0.3 is 15.0 Å². The second-order valence-corrected chi connectivity index (χ2v) is 9.39. The summed E-state index contributed by atoms with van der Waals surface area (Å²) in [4.78, 5) is 35.2. The quantitative estimate of drug-likeness (QED) is 0.503. The molecule has 2 aliphatic heterocycles. The number of ether oxygens (including phenoxy) is 1. The third-order valence-corrected chi connectivity index (χ3v) is 6.75. The number of aliphatic imine (C=N–C) groups is 1. The number of pyridine rings is 1. The van der Waals surface area contributed by atoms with Gasteiger partial charge in [0.2, 0.25) is 5.91 Å². The van der Waals surface area contributed by atoms with Crippen molar-refractivity contribution < 1.29 is 27.5 Å². The number of allylic oxidation sites excluding steroid dienone is 1. The van der Waals surface area contributed by atoms with Gasteiger partial charge in [-0.2, -0.15) is 13.2 Å². The second kappa shape index (κ2) is 10.8. The first-order valence-corrected chi connectivity index (χ1v) is 12.4. The van der Waals surface area contributed by atoms with Crippen LogP contribution >= 0.6 is 11.8 Å². The fraction of sp³-hybridized carbons (Fsp3) is 0.308. The number of benzene rings is 1. The number of amides is 1. The molecule has 2 aromatic rings. The average Bonchev–Trinajstić information content (AvgIpc) is 3.26. The number of thioether (sulfide) groups is 1. The molecule has 0 aliphatic carbocycles. The van der Waals surface area contributed by atoms with Gasteiger partial charge in [0.1, 0.15) is 0 Å². The van der Waals surface area contributed by atoms with Crippen molar-refractivity contribution in [3.63, 3.8) is 0 Å². The van der Waals surface area contributed by atoms with E-state index in [2.05, 4.69) is 15.3 Å². The number of aryl methyl sites for hydroxylation is 2. The molecule has 2 aliphatic rings. The highest BCUT2D eigenvalue weighted by atomic mass is 32.2. The Hall–Kier alpha value is -3.60. The summed E-state index contributed by atoms with van der Waals surface area (Å²) in [5.41, 5.74) is 1.36. The van der Waals surface area contributed by atoms with Crippen LogP contribution in [0.4, 0.5) is 13.2 Å². The van der Waals surface area contributed by atoms with Crippen molar-refractivity contribution >= 4 is 28.8 Å². The number of nitrogens with one attached hydrogen (secondary N) is 1. The molecule has 1 atom stereocenters. The van der Waals surface area contributed by atoms with Gasteiger partial charge in [0, 0.05) is 24.6 Å². The van der Waals surface area contributed by atoms with E-state index in [1.54, 1.807) is 42.9 Å². The van der Waals surface area contributed by atoms with Crippen LogP contribution in [-0.2, 0) is 20.9 Å². The van der Waals surface area contributed by atoms with Crippen molar-refractivity contribution in [2.75, 3.05) is 6.61 Å². The van der Waals surface area contributed by atoms with E-state index in [1.807, 2.05) is 19.1 Å². The smallest absolute Gasteiger partial charge is 0.434 e. The maximum atomic E-state index is 14.2. The third-order valence-electron chi connectivity index (χ3n) is 5.86. The number of aromatic nitrogens is 1.